The second-order valence-electron chi connectivity index (χ2n) is 6.50. The molecule has 5 nitrogen and oxygen atoms in total. The number of benzene rings is 1. The Bertz CT molecular complexity index is 557. The van der Waals surface area contributed by atoms with Crippen LogP contribution in [0.15, 0.2) is 24.3 Å². The zero-order valence-electron chi connectivity index (χ0n) is 13.6. The molecule has 1 fully saturated rings. The number of rotatable bonds is 3. The SMILES string of the molecule is C[C@H]1CC[C@H](c2cccc(CN(C)C)c2)N(C(=O)C(N)=O)C1. The molecule has 0 saturated carbocycles. The third kappa shape index (κ3) is 3.85. The smallest absolute Gasteiger partial charge is 0.312 e. The lowest BCUT2D eigenvalue weighted by Crippen LogP contribution is -2.46. The number of likely N-dealkylation sites (tertiary alicyclic amines) is 1. The summed E-state index contributed by atoms with van der Waals surface area (Å²) in [4.78, 5) is 27.2. The molecule has 0 radical (unpaired) electrons. The first-order valence-electron chi connectivity index (χ1n) is 7.72. The topological polar surface area (TPSA) is 66.6 Å². The van der Waals surface area contributed by atoms with E-state index in [9.17, 15) is 9.59 Å². The number of hydrogen-bond donors (Lipinski definition) is 1. The zero-order chi connectivity index (χ0) is 16.3. The molecule has 22 heavy (non-hydrogen) atoms. The Balaban J connectivity index is 2.27. The molecule has 2 N–H and O–H groups in total. The highest BCUT2D eigenvalue weighted by molar-refractivity contribution is 6.34. The van der Waals surface area contributed by atoms with Gasteiger partial charge in [0.1, 0.15) is 0 Å². The van der Waals surface area contributed by atoms with Crippen LogP contribution in [0.2, 0.25) is 0 Å². The van der Waals surface area contributed by atoms with Crippen LogP contribution in [0.1, 0.15) is 36.9 Å². The van der Waals surface area contributed by atoms with Crippen LogP contribution in [0.4, 0.5) is 0 Å². The van der Waals surface area contributed by atoms with Crippen LogP contribution in [0.5, 0.6) is 0 Å². The van der Waals surface area contributed by atoms with E-state index in [4.69, 9.17) is 5.73 Å². The third-order valence-corrected chi connectivity index (χ3v) is 4.12. The van der Waals surface area contributed by atoms with E-state index in [0.29, 0.717) is 12.5 Å². The van der Waals surface area contributed by atoms with Crippen molar-refractivity contribution in [3.05, 3.63) is 35.4 Å². The van der Waals surface area contributed by atoms with E-state index in [2.05, 4.69) is 24.0 Å². The lowest BCUT2D eigenvalue weighted by molar-refractivity contribution is -0.147. The van der Waals surface area contributed by atoms with Crippen LogP contribution in [-0.2, 0) is 16.1 Å². The first kappa shape index (κ1) is 16.5. The highest BCUT2D eigenvalue weighted by atomic mass is 16.2. The summed E-state index contributed by atoms with van der Waals surface area (Å²) in [7, 11) is 4.05. The van der Waals surface area contributed by atoms with E-state index >= 15 is 0 Å². The molecule has 1 aromatic carbocycles. The Morgan fingerprint density at radius 2 is 2.05 bits per heavy atom. The van der Waals surface area contributed by atoms with Crippen molar-refractivity contribution in [2.45, 2.75) is 32.4 Å². The molecular formula is C17H25N3O2. The van der Waals surface area contributed by atoms with E-state index < -0.39 is 11.8 Å². The van der Waals surface area contributed by atoms with Crippen LogP contribution < -0.4 is 5.73 Å². The van der Waals surface area contributed by atoms with E-state index in [1.807, 2.05) is 26.2 Å². The Morgan fingerprint density at radius 1 is 1.32 bits per heavy atom. The number of primary amides is 1. The fraction of sp³-hybridized carbons (Fsp3) is 0.529. The molecule has 1 aromatic rings. The minimum atomic E-state index is -0.872. The van der Waals surface area contributed by atoms with Crippen molar-refractivity contribution >= 4 is 11.8 Å². The number of nitrogens with two attached hydrogens (primary N) is 1. The van der Waals surface area contributed by atoms with Crippen LogP contribution >= 0.6 is 0 Å². The standard InChI is InChI=1S/C17H25N3O2/c1-12-7-8-15(20(10-12)17(22)16(18)21)14-6-4-5-13(9-14)11-19(2)3/h4-6,9,12,15H,7-8,10-11H2,1-3H3,(H2,18,21)/t12-,15+/m0/s1. The second kappa shape index (κ2) is 6.92. The summed E-state index contributed by atoms with van der Waals surface area (Å²) in [5.74, 6) is -1.05. The molecule has 1 heterocycles. The molecule has 1 saturated heterocycles. The number of hydrogen-bond acceptors (Lipinski definition) is 3. The summed E-state index contributed by atoms with van der Waals surface area (Å²) in [6, 6.07) is 8.19. The number of nitrogens with zero attached hydrogens (tertiary/aromatic N) is 2. The van der Waals surface area contributed by atoms with Gasteiger partial charge in [-0.1, -0.05) is 31.2 Å². The number of piperidine rings is 1. The maximum Gasteiger partial charge on any atom is 0.312 e. The summed E-state index contributed by atoms with van der Waals surface area (Å²) >= 11 is 0. The van der Waals surface area contributed by atoms with Crippen molar-refractivity contribution < 1.29 is 9.59 Å². The van der Waals surface area contributed by atoms with Gasteiger partial charge in [-0.2, -0.15) is 0 Å². The lowest BCUT2D eigenvalue weighted by Gasteiger charge is -2.38. The minimum absolute atomic E-state index is 0.0571. The van der Waals surface area contributed by atoms with Crippen molar-refractivity contribution in [3.63, 3.8) is 0 Å². The molecule has 0 bridgehead atoms. The summed E-state index contributed by atoms with van der Waals surface area (Å²) in [6.07, 6.45) is 1.91. The van der Waals surface area contributed by atoms with E-state index in [1.54, 1.807) is 4.90 Å². The Hall–Kier alpha value is -1.88. The van der Waals surface area contributed by atoms with Gasteiger partial charge in [0.05, 0.1) is 6.04 Å². The van der Waals surface area contributed by atoms with Gasteiger partial charge in [-0.25, -0.2) is 0 Å². The van der Waals surface area contributed by atoms with Gasteiger partial charge in [-0.3, -0.25) is 9.59 Å². The predicted octanol–water partition coefficient (Wildman–Crippen LogP) is 1.53. The Kier molecular flexibility index (Phi) is 5.19. The van der Waals surface area contributed by atoms with E-state index in [0.717, 1.165) is 24.9 Å². The Morgan fingerprint density at radius 3 is 2.68 bits per heavy atom. The third-order valence-electron chi connectivity index (χ3n) is 4.12. The van der Waals surface area contributed by atoms with Gasteiger partial charge in [0.15, 0.2) is 0 Å². The molecule has 1 aliphatic rings. The molecule has 2 amide bonds. The second-order valence-corrected chi connectivity index (χ2v) is 6.50. The van der Waals surface area contributed by atoms with Crippen molar-refractivity contribution in [1.29, 1.82) is 0 Å². The maximum atomic E-state index is 12.1. The molecule has 0 aromatic heterocycles. The van der Waals surface area contributed by atoms with Gasteiger partial charge < -0.3 is 15.5 Å². The summed E-state index contributed by atoms with van der Waals surface area (Å²) in [5, 5.41) is 0. The minimum Gasteiger partial charge on any atom is -0.361 e. The molecule has 5 heteroatoms. The average molecular weight is 303 g/mol. The first-order valence-corrected chi connectivity index (χ1v) is 7.72. The summed E-state index contributed by atoms with van der Waals surface area (Å²) in [6.45, 7) is 3.53. The van der Waals surface area contributed by atoms with Crippen molar-refractivity contribution in [2.75, 3.05) is 20.6 Å². The van der Waals surface area contributed by atoms with Crippen LogP contribution in [0.3, 0.4) is 0 Å². The van der Waals surface area contributed by atoms with Gasteiger partial charge in [0.25, 0.3) is 0 Å². The molecule has 0 unspecified atom stereocenters. The fourth-order valence-corrected chi connectivity index (χ4v) is 3.13. The fourth-order valence-electron chi connectivity index (χ4n) is 3.13. The van der Waals surface area contributed by atoms with Gasteiger partial charge in [-0.05, 0) is 44.0 Å². The highest BCUT2D eigenvalue weighted by Crippen LogP contribution is 2.33. The normalized spacial score (nSPS) is 21.9. The van der Waals surface area contributed by atoms with Gasteiger partial charge >= 0.3 is 11.8 Å². The van der Waals surface area contributed by atoms with E-state index in [1.165, 1.54) is 5.56 Å². The van der Waals surface area contributed by atoms with Crippen LogP contribution in [0.25, 0.3) is 0 Å². The monoisotopic (exact) mass is 303 g/mol. The van der Waals surface area contributed by atoms with Crippen LogP contribution in [-0.4, -0.2) is 42.3 Å². The van der Waals surface area contributed by atoms with Crippen molar-refractivity contribution in [3.8, 4) is 0 Å². The lowest BCUT2D eigenvalue weighted by atomic mass is 9.89. The Labute approximate surface area is 132 Å². The van der Waals surface area contributed by atoms with Gasteiger partial charge in [-0.15, -0.1) is 0 Å². The van der Waals surface area contributed by atoms with Gasteiger partial charge in [0, 0.05) is 13.1 Å². The zero-order valence-corrected chi connectivity index (χ0v) is 13.6. The number of carbonyl (C=O) groups excluding carboxylic acids is 2. The van der Waals surface area contributed by atoms with Crippen LogP contribution in [0, 0.1) is 5.92 Å². The average Bonchev–Trinajstić information content (AvgIpc) is 2.45. The quantitative estimate of drug-likeness (QED) is 0.861. The largest absolute Gasteiger partial charge is 0.361 e. The maximum absolute atomic E-state index is 12.1. The molecular weight excluding hydrogens is 278 g/mol. The van der Waals surface area contributed by atoms with E-state index in [-0.39, 0.29) is 6.04 Å². The number of amides is 2. The molecule has 2 rings (SSSR count). The summed E-state index contributed by atoms with van der Waals surface area (Å²) in [5.41, 5.74) is 7.50. The molecule has 1 aliphatic heterocycles. The molecule has 0 spiro atoms. The first-order chi connectivity index (χ1) is 10.4. The highest BCUT2D eigenvalue weighted by Gasteiger charge is 2.33. The predicted molar refractivity (Wildman–Crippen MR) is 85.9 cm³/mol. The van der Waals surface area contributed by atoms with Crippen molar-refractivity contribution in [1.82, 2.24) is 9.80 Å². The molecule has 2 atom stereocenters. The van der Waals surface area contributed by atoms with Gasteiger partial charge in [0.2, 0.25) is 0 Å². The van der Waals surface area contributed by atoms with Crippen molar-refractivity contribution in [2.24, 2.45) is 11.7 Å². The molecule has 120 valence electrons. The summed E-state index contributed by atoms with van der Waals surface area (Å²) < 4.78 is 0. The molecule has 0 aliphatic carbocycles. The number of carbonyl (C=O) groups is 2.